The van der Waals surface area contributed by atoms with E-state index in [1.165, 1.54) is 22.9 Å². The topological polar surface area (TPSA) is 42.9 Å². The number of pyridine rings is 1. The van der Waals surface area contributed by atoms with Crippen LogP contribution < -0.4 is 0 Å². The molecule has 6 heteroatoms. The Morgan fingerprint density at radius 3 is 2.66 bits per heavy atom. The average Bonchev–Trinajstić information content (AvgIpc) is 3.21. The standard InChI is InChI=1S/C26H25ClN2OS2/c1-17-8-11-19(12-9-17)22-16-31-24(29-22)7-3-6-23(30)26-21(27)13-10-18(2)25(32-26)20-5-4-14-28-15-20/h4-5,8-9,11-12,14-16H,3,6-7,10,13H2,1-2H3. The van der Waals surface area contributed by atoms with Gasteiger partial charge in [0.15, 0.2) is 5.78 Å². The van der Waals surface area contributed by atoms with E-state index in [0.29, 0.717) is 22.8 Å². The molecule has 0 bridgehead atoms. The third-order valence-corrected chi connectivity index (χ3v) is 8.29. The van der Waals surface area contributed by atoms with E-state index in [4.69, 9.17) is 16.6 Å². The van der Waals surface area contributed by atoms with Gasteiger partial charge in [-0.1, -0.05) is 64.8 Å². The first kappa shape index (κ1) is 23.0. The first-order valence-corrected chi connectivity index (χ1v) is 12.8. The maximum atomic E-state index is 13.1. The van der Waals surface area contributed by atoms with Crippen molar-refractivity contribution in [2.75, 3.05) is 0 Å². The van der Waals surface area contributed by atoms with Crippen LogP contribution in [0, 0.1) is 6.92 Å². The van der Waals surface area contributed by atoms with Crippen LogP contribution in [-0.2, 0) is 11.2 Å². The van der Waals surface area contributed by atoms with Crippen LogP contribution in [-0.4, -0.2) is 15.8 Å². The number of thioether (sulfide) groups is 1. The molecule has 0 saturated heterocycles. The number of ketones is 1. The molecule has 0 aliphatic carbocycles. The first-order chi connectivity index (χ1) is 15.5. The van der Waals surface area contributed by atoms with Gasteiger partial charge >= 0.3 is 0 Å². The molecule has 0 fully saturated rings. The van der Waals surface area contributed by atoms with E-state index in [2.05, 4.69) is 48.5 Å². The second-order valence-electron chi connectivity index (χ2n) is 7.96. The number of aryl methyl sites for hydroxylation is 2. The van der Waals surface area contributed by atoms with Gasteiger partial charge in [-0.3, -0.25) is 9.78 Å². The molecule has 0 atom stereocenters. The predicted octanol–water partition coefficient (Wildman–Crippen LogP) is 7.81. The number of allylic oxidation sites excluding steroid dienone is 3. The largest absolute Gasteiger partial charge is 0.294 e. The first-order valence-electron chi connectivity index (χ1n) is 10.7. The van der Waals surface area contributed by atoms with Crippen molar-refractivity contribution < 1.29 is 4.79 Å². The average molecular weight is 481 g/mol. The second-order valence-corrected chi connectivity index (χ2v) is 10.4. The summed E-state index contributed by atoms with van der Waals surface area (Å²) in [7, 11) is 0. The molecule has 4 rings (SSSR count). The number of thiazole rings is 1. The maximum absolute atomic E-state index is 13.1. The zero-order valence-corrected chi connectivity index (χ0v) is 20.6. The molecule has 1 aromatic carbocycles. The van der Waals surface area contributed by atoms with Crippen LogP contribution in [0.25, 0.3) is 16.2 Å². The van der Waals surface area contributed by atoms with Crippen molar-refractivity contribution in [1.29, 1.82) is 0 Å². The molecule has 0 saturated carbocycles. The van der Waals surface area contributed by atoms with Crippen molar-refractivity contribution in [3.63, 3.8) is 0 Å². The fourth-order valence-electron chi connectivity index (χ4n) is 3.58. The molecule has 3 aromatic rings. The van der Waals surface area contributed by atoms with Gasteiger partial charge in [0.1, 0.15) is 0 Å². The number of hydrogen-bond acceptors (Lipinski definition) is 5. The number of nitrogens with zero attached hydrogens (tertiary/aromatic N) is 2. The van der Waals surface area contributed by atoms with E-state index in [1.807, 2.05) is 18.3 Å². The quantitative estimate of drug-likeness (QED) is 0.345. The molecule has 0 amide bonds. The molecule has 0 radical (unpaired) electrons. The van der Waals surface area contributed by atoms with Crippen molar-refractivity contribution >= 4 is 45.4 Å². The lowest BCUT2D eigenvalue weighted by Gasteiger charge is -2.11. The number of carbonyl (C=O) groups excluding carboxylic acids is 1. The molecule has 164 valence electrons. The number of hydrogen-bond donors (Lipinski definition) is 0. The maximum Gasteiger partial charge on any atom is 0.170 e. The minimum Gasteiger partial charge on any atom is -0.294 e. The number of aromatic nitrogens is 2. The van der Waals surface area contributed by atoms with Crippen LogP contribution in [0.2, 0.25) is 0 Å². The van der Waals surface area contributed by atoms with Gasteiger partial charge in [0.05, 0.1) is 15.6 Å². The summed E-state index contributed by atoms with van der Waals surface area (Å²) >= 11 is 9.72. The Kier molecular flexibility index (Phi) is 7.61. The second kappa shape index (κ2) is 10.6. The van der Waals surface area contributed by atoms with E-state index < -0.39 is 0 Å². The minimum atomic E-state index is 0.117. The van der Waals surface area contributed by atoms with Gasteiger partial charge in [0.2, 0.25) is 0 Å². The van der Waals surface area contributed by atoms with Gasteiger partial charge in [-0.15, -0.1) is 11.3 Å². The highest BCUT2D eigenvalue weighted by atomic mass is 35.5. The predicted molar refractivity (Wildman–Crippen MR) is 137 cm³/mol. The molecule has 3 heterocycles. The summed E-state index contributed by atoms with van der Waals surface area (Å²) in [6.45, 7) is 4.19. The highest BCUT2D eigenvalue weighted by molar-refractivity contribution is 8.12. The molecule has 1 aliphatic rings. The Morgan fingerprint density at radius 2 is 1.91 bits per heavy atom. The van der Waals surface area contributed by atoms with Crippen molar-refractivity contribution in [3.05, 3.63) is 85.8 Å². The number of Topliss-reactive ketones (excluding diaryl/α,β-unsaturated/α-hetero) is 1. The molecule has 3 nitrogen and oxygen atoms in total. The van der Waals surface area contributed by atoms with Crippen molar-refractivity contribution in [3.8, 4) is 11.3 Å². The van der Waals surface area contributed by atoms with Crippen molar-refractivity contribution in [2.45, 2.75) is 46.0 Å². The lowest BCUT2D eigenvalue weighted by molar-refractivity contribution is -0.115. The zero-order valence-electron chi connectivity index (χ0n) is 18.2. The Balaban J connectivity index is 1.39. The third-order valence-electron chi connectivity index (χ3n) is 5.43. The zero-order chi connectivity index (χ0) is 22.5. The highest BCUT2D eigenvalue weighted by Crippen LogP contribution is 2.44. The molecular weight excluding hydrogens is 456 g/mol. The summed E-state index contributed by atoms with van der Waals surface area (Å²) in [4.78, 5) is 23.9. The Hall–Kier alpha value is -2.21. The number of carbonyl (C=O) groups is 1. The summed E-state index contributed by atoms with van der Waals surface area (Å²) < 4.78 is 0. The smallest absolute Gasteiger partial charge is 0.170 e. The van der Waals surface area contributed by atoms with Crippen LogP contribution in [0.1, 0.15) is 48.7 Å². The molecule has 0 N–H and O–H groups in total. The van der Waals surface area contributed by atoms with Gasteiger partial charge in [-0.2, -0.15) is 0 Å². The molecule has 0 spiro atoms. The normalized spacial score (nSPS) is 14.6. The van der Waals surface area contributed by atoms with Crippen LogP contribution >= 0.6 is 34.7 Å². The van der Waals surface area contributed by atoms with E-state index >= 15 is 0 Å². The lowest BCUT2D eigenvalue weighted by atomic mass is 10.1. The number of benzene rings is 1. The SMILES string of the molecule is CC1=C(c2cccnc2)SC(C(=O)CCCc2nc(-c3ccc(C)cc3)cs2)=C(Cl)CC1. The summed E-state index contributed by atoms with van der Waals surface area (Å²) in [6.07, 6.45) is 7.20. The van der Waals surface area contributed by atoms with E-state index in [9.17, 15) is 4.79 Å². The summed E-state index contributed by atoms with van der Waals surface area (Å²) in [5.74, 6) is 0.117. The molecule has 2 aromatic heterocycles. The van der Waals surface area contributed by atoms with Gasteiger partial charge in [0.25, 0.3) is 0 Å². The van der Waals surface area contributed by atoms with E-state index in [1.54, 1.807) is 17.5 Å². The molecular formula is C26H25ClN2OS2. The molecule has 32 heavy (non-hydrogen) atoms. The molecule has 0 unspecified atom stereocenters. The van der Waals surface area contributed by atoms with Crippen LogP contribution in [0.4, 0.5) is 0 Å². The van der Waals surface area contributed by atoms with Gasteiger partial charge in [-0.25, -0.2) is 4.98 Å². The third kappa shape index (κ3) is 5.58. The van der Waals surface area contributed by atoms with Gasteiger partial charge in [0, 0.05) is 45.3 Å². The lowest BCUT2D eigenvalue weighted by Crippen LogP contribution is -2.02. The van der Waals surface area contributed by atoms with Crippen LogP contribution in [0.15, 0.2) is 69.7 Å². The van der Waals surface area contributed by atoms with Gasteiger partial charge < -0.3 is 0 Å². The fourth-order valence-corrected chi connectivity index (χ4v) is 5.89. The summed E-state index contributed by atoms with van der Waals surface area (Å²) in [5, 5.41) is 3.83. The number of halogens is 1. The number of rotatable bonds is 7. The van der Waals surface area contributed by atoms with Crippen LogP contribution in [0.3, 0.4) is 0 Å². The van der Waals surface area contributed by atoms with Crippen molar-refractivity contribution in [2.24, 2.45) is 0 Å². The van der Waals surface area contributed by atoms with E-state index in [-0.39, 0.29) is 5.78 Å². The van der Waals surface area contributed by atoms with Gasteiger partial charge in [-0.05, 0) is 45.6 Å². The summed E-state index contributed by atoms with van der Waals surface area (Å²) in [5.41, 5.74) is 5.66. The van der Waals surface area contributed by atoms with Crippen molar-refractivity contribution in [1.82, 2.24) is 9.97 Å². The molecule has 1 aliphatic heterocycles. The highest BCUT2D eigenvalue weighted by Gasteiger charge is 2.22. The fraction of sp³-hybridized carbons (Fsp3) is 0.269. The Labute approximate surface area is 202 Å². The Morgan fingerprint density at radius 1 is 1.09 bits per heavy atom. The summed E-state index contributed by atoms with van der Waals surface area (Å²) in [6, 6.07) is 12.4. The van der Waals surface area contributed by atoms with Crippen LogP contribution in [0.5, 0.6) is 0 Å². The monoisotopic (exact) mass is 480 g/mol. The Bertz CT molecular complexity index is 1160. The minimum absolute atomic E-state index is 0.117. The van der Waals surface area contributed by atoms with E-state index in [0.717, 1.165) is 46.0 Å².